The predicted molar refractivity (Wildman–Crippen MR) is 76.1 cm³/mol. The second-order valence-electron chi connectivity index (χ2n) is 4.25. The maximum atomic E-state index is 11.5. The van der Waals surface area contributed by atoms with Crippen LogP contribution in [0.2, 0.25) is 0 Å². The molecule has 104 valence electrons. The molecular formula is C12H21NO3S2. The van der Waals surface area contributed by atoms with Gasteiger partial charge in [0.1, 0.15) is 0 Å². The Labute approximate surface area is 117 Å². The Bertz CT molecular complexity index is 280. The number of rotatable bonds is 6. The lowest BCUT2D eigenvalue weighted by Crippen LogP contribution is -2.31. The molecule has 6 heteroatoms. The van der Waals surface area contributed by atoms with Crippen molar-refractivity contribution >= 4 is 33.5 Å². The zero-order valence-corrected chi connectivity index (χ0v) is 12.6. The molecular weight excluding hydrogens is 270 g/mol. The van der Waals surface area contributed by atoms with Gasteiger partial charge in [-0.3, -0.25) is 4.79 Å². The highest BCUT2D eigenvalue weighted by Gasteiger charge is 2.16. The second kappa shape index (κ2) is 8.69. The number of hydrogen-bond acceptors (Lipinski definition) is 5. The molecule has 1 unspecified atom stereocenters. The van der Waals surface area contributed by atoms with Crippen molar-refractivity contribution in [2.45, 2.75) is 51.2 Å². The molecule has 1 rings (SSSR count). The second-order valence-corrected chi connectivity index (χ2v) is 7.04. The van der Waals surface area contributed by atoms with Gasteiger partial charge in [-0.2, -0.15) is 5.06 Å². The maximum absolute atomic E-state index is 11.5. The Hall–Kier alpha value is -0.360. The molecule has 0 aromatic rings. The van der Waals surface area contributed by atoms with E-state index in [1.165, 1.54) is 25.5 Å². The van der Waals surface area contributed by atoms with E-state index in [-0.39, 0.29) is 11.9 Å². The molecule has 1 fully saturated rings. The Kier molecular flexibility index (Phi) is 7.58. The summed E-state index contributed by atoms with van der Waals surface area (Å²) in [5.41, 5.74) is 0. The van der Waals surface area contributed by atoms with E-state index in [0.29, 0.717) is 13.0 Å². The standard InChI is InChI=1S/C12H21NO3S2/c1-3-13(10(2)14)16-12(15)7-5-4-6-11-8-9-17-18-11/h11H,3-9H2,1-2H3. The van der Waals surface area contributed by atoms with Crippen LogP contribution in [0, 0.1) is 0 Å². The van der Waals surface area contributed by atoms with E-state index >= 15 is 0 Å². The Morgan fingerprint density at radius 3 is 2.72 bits per heavy atom. The largest absolute Gasteiger partial charge is 0.338 e. The van der Waals surface area contributed by atoms with E-state index in [9.17, 15) is 9.59 Å². The van der Waals surface area contributed by atoms with Crippen LogP contribution in [0.25, 0.3) is 0 Å². The van der Waals surface area contributed by atoms with Gasteiger partial charge < -0.3 is 4.84 Å². The number of hydroxylamine groups is 2. The van der Waals surface area contributed by atoms with E-state index in [0.717, 1.165) is 23.2 Å². The normalized spacial score (nSPS) is 18.7. The van der Waals surface area contributed by atoms with Gasteiger partial charge in [0.05, 0.1) is 6.54 Å². The lowest BCUT2D eigenvalue weighted by molar-refractivity contribution is -0.196. The van der Waals surface area contributed by atoms with Gasteiger partial charge in [-0.15, -0.1) is 0 Å². The third kappa shape index (κ3) is 6.00. The number of nitrogens with zero attached hydrogens (tertiary/aromatic N) is 1. The van der Waals surface area contributed by atoms with Crippen molar-refractivity contribution < 1.29 is 14.4 Å². The van der Waals surface area contributed by atoms with Gasteiger partial charge in [0, 0.05) is 24.3 Å². The van der Waals surface area contributed by atoms with Crippen LogP contribution in [0.15, 0.2) is 0 Å². The van der Waals surface area contributed by atoms with Gasteiger partial charge in [-0.05, 0) is 26.2 Å². The SMILES string of the molecule is CCN(OC(=O)CCCCC1CCSS1)C(C)=O. The minimum Gasteiger partial charge on any atom is -0.338 e. The zero-order valence-electron chi connectivity index (χ0n) is 11.0. The summed E-state index contributed by atoms with van der Waals surface area (Å²) in [7, 11) is 3.91. The van der Waals surface area contributed by atoms with Crippen LogP contribution in [0.5, 0.6) is 0 Å². The lowest BCUT2D eigenvalue weighted by atomic mass is 10.1. The molecule has 1 heterocycles. The van der Waals surface area contributed by atoms with E-state index in [4.69, 9.17) is 4.84 Å². The molecule has 1 saturated heterocycles. The molecule has 18 heavy (non-hydrogen) atoms. The molecule has 0 radical (unpaired) electrons. The van der Waals surface area contributed by atoms with E-state index in [1.54, 1.807) is 6.92 Å². The summed E-state index contributed by atoms with van der Waals surface area (Å²) in [6.07, 6.45) is 4.76. The zero-order chi connectivity index (χ0) is 13.4. The molecule has 0 N–H and O–H groups in total. The summed E-state index contributed by atoms with van der Waals surface area (Å²) in [4.78, 5) is 27.5. The molecule has 0 bridgehead atoms. The van der Waals surface area contributed by atoms with Gasteiger partial charge in [0.15, 0.2) is 0 Å². The van der Waals surface area contributed by atoms with Crippen molar-refractivity contribution in [3.05, 3.63) is 0 Å². The monoisotopic (exact) mass is 291 g/mol. The maximum Gasteiger partial charge on any atom is 0.332 e. The van der Waals surface area contributed by atoms with Crippen LogP contribution in [-0.4, -0.2) is 34.5 Å². The van der Waals surface area contributed by atoms with Gasteiger partial charge in [-0.25, -0.2) is 4.79 Å². The third-order valence-electron chi connectivity index (χ3n) is 2.73. The molecule has 0 saturated carbocycles. The summed E-state index contributed by atoms with van der Waals surface area (Å²) in [6, 6.07) is 0. The quantitative estimate of drug-likeness (QED) is 0.427. The topological polar surface area (TPSA) is 46.6 Å². The molecule has 0 aromatic heterocycles. The number of carbonyl (C=O) groups excluding carboxylic acids is 2. The van der Waals surface area contributed by atoms with Gasteiger partial charge in [0.2, 0.25) is 0 Å². The van der Waals surface area contributed by atoms with E-state index in [1.807, 2.05) is 21.6 Å². The molecule has 0 aliphatic carbocycles. The first-order valence-corrected chi connectivity index (χ1v) is 8.79. The highest BCUT2D eigenvalue weighted by atomic mass is 33.1. The molecule has 0 spiro atoms. The first-order chi connectivity index (χ1) is 8.63. The Balaban J connectivity index is 2.07. The minimum absolute atomic E-state index is 0.231. The van der Waals surface area contributed by atoms with Crippen molar-refractivity contribution in [1.82, 2.24) is 5.06 Å². The highest BCUT2D eigenvalue weighted by Crippen LogP contribution is 2.39. The molecule has 1 aliphatic rings. The van der Waals surface area contributed by atoms with Crippen molar-refractivity contribution in [3.63, 3.8) is 0 Å². The Morgan fingerprint density at radius 2 is 2.17 bits per heavy atom. The number of unbranched alkanes of at least 4 members (excludes halogenated alkanes) is 1. The highest BCUT2D eigenvalue weighted by molar-refractivity contribution is 8.77. The third-order valence-corrected chi connectivity index (χ3v) is 5.74. The van der Waals surface area contributed by atoms with E-state index < -0.39 is 0 Å². The minimum atomic E-state index is -0.305. The van der Waals surface area contributed by atoms with Crippen molar-refractivity contribution in [3.8, 4) is 0 Å². The molecule has 4 nitrogen and oxygen atoms in total. The average Bonchev–Trinajstić information content (AvgIpc) is 2.84. The first-order valence-electron chi connectivity index (χ1n) is 6.40. The van der Waals surface area contributed by atoms with E-state index in [2.05, 4.69) is 0 Å². The van der Waals surface area contributed by atoms with Crippen LogP contribution < -0.4 is 0 Å². The fourth-order valence-electron chi connectivity index (χ4n) is 1.73. The van der Waals surface area contributed by atoms with Crippen LogP contribution >= 0.6 is 21.6 Å². The first kappa shape index (κ1) is 15.7. The van der Waals surface area contributed by atoms with Crippen molar-refractivity contribution in [2.75, 3.05) is 12.3 Å². The van der Waals surface area contributed by atoms with Crippen LogP contribution in [0.1, 0.15) is 46.0 Å². The molecule has 1 atom stereocenters. The predicted octanol–water partition coefficient (Wildman–Crippen LogP) is 3.03. The molecule has 1 aliphatic heterocycles. The average molecular weight is 291 g/mol. The van der Waals surface area contributed by atoms with Gasteiger partial charge in [0.25, 0.3) is 5.91 Å². The molecule has 1 amide bonds. The van der Waals surface area contributed by atoms with Crippen LogP contribution in [-0.2, 0) is 14.4 Å². The number of hydrogen-bond donors (Lipinski definition) is 0. The van der Waals surface area contributed by atoms with Gasteiger partial charge in [-0.1, -0.05) is 28.0 Å². The van der Waals surface area contributed by atoms with Gasteiger partial charge >= 0.3 is 5.97 Å². The fourth-order valence-corrected chi connectivity index (χ4v) is 4.75. The Morgan fingerprint density at radius 1 is 1.39 bits per heavy atom. The van der Waals surface area contributed by atoms with Crippen molar-refractivity contribution in [2.24, 2.45) is 0 Å². The fraction of sp³-hybridized carbons (Fsp3) is 0.833. The van der Waals surface area contributed by atoms with Crippen molar-refractivity contribution in [1.29, 1.82) is 0 Å². The lowest BCUT2D eigenvalue weighted by Gasteiger charge is -2.17. The number of amides is 1. The summed E-state index contributed by atoms with van der Waals surface area (Å²) < 4.78 is 0. The smallest absolute Gasteiger partial charge is 0.332 e. The summed E-state index contributed by atoms with van der Waals surface area (Å²) in [6.45, 7) is 3.58. The van der Waals surface area contributed by atoms with Crippen LogP contribution in [0.4, 0.5) is 0 Å². The summed E-state index contributed by atoms with van der Waals surface area (Å²) in [5.74, 6) is 0.715. The molecule has 0 aromatic carbocycles. The van der Waals surface area contributed by atoms with Crippen LogP contribution in [0.3, 0.4) is 0 Å². The summed E-state index contributed by atoms with van der Waals surface area (Å²) >= 11 is 0. The number of carbonyl (C=O) groups is 2. The summed E-state index contributed by atoms with van der Waals surface area (Å²) in [5, 5.41) is 1.86.